The first-order valence-electron chi connectivity index (χ1n) is 5.93. The third-order valence-corrected chi connectivity index (χ3v) is 5.04. The summed E-state index contributed by atoms with van der Waals surface area (Å²) in [6.07, 6.45) is 3.64. The molecule has 0 bridgehead atoms. The summed E-state index contributed by atoms with van der Waals surface area (Å²) >= 11 is 13.9. The Morgan fingerprint density at radius 2 is 2.26 bits per heavy atom. The number of hydrogen-bond donors (Lipinski definition) is 2. The number of thioether (sulfide) groups is 1. The predicted octanol–water partition coefficient (Wildman–Crippen LogP) is 3.71. The molecule has 0 amide bonds. The number of hydrogen-bond acceptors (Lipinski definition) is 3. The van der Waals surface area contributed by atoms with Crippen LogP contribution in [0, 0.1) is 5.92 Å². The number of nitrogens with one attached hydrogen (secondary N) is 1. The van der Waals surface area contributed by atoms with E-state index >= 15 is 0 Å². The van der Waals surface area contributed by atoms with E-state index in [4.69, 9.17) is 23.2 Å². The molecule has 0 aliphatic carbocycles. The van der Waals surface area contributed by atoms with Crippen LogP contribution in [0.25, 0.3) is 0 Å². The first-order chi connectivity index (χ1) is 9.15. The summed E-state index contributed by atoms with van der Waals surface area (Å²) in [6.45, 7) is 0. The number of halogens is 2. The summed E-state index contributed by atoms with van der Waals surface area (Å²) in [6, 6.07) is 3.54. The Hall–Kier alpha value is -0.680. The van der Waals surface area contributed by atoms with E-state index in [9.17, 15) is 5.11 Å². The maximum absolute atomic E-state index is 10.5. The zero-order valence-electron chi connectivity index (χ0n) is 9.94. The molecule has 1 aliphatic rings. The van der Waals surface area contributed by atoms with Crippen LogP contribution in [0.4, 0.5) is 0 Å². The highest BCUT2D eigenvalue weighted by atomic mass is 35.5. The Morgan fingerprint density at radius 1 is 1.42 bits per heavy atom. The second-order valence-corrected chi connectivity index (χ2v) is 6.46. The molecule has 0 fully saturated rings. The molecular formula is C13H12Cl2N2OS. The number of aliphatic hydroxyl groups excluding tert-OH is 1. The lowest BCUT2D eigenvalue weighted by Gasteiger charge is -2.30. The van der Waals surface area contributed by atoms with Crippen molar-refractivity contribution in [3.05, 3.63) is 46.0 Å². The molecule has 6 heteroatoms. The lowest BCUT2D eigenvalue weighted by atomic mass is 9.93. The number of imidazole rings is 1. The molecule has 0 saturated heterocycles. The van der Waals surface area contributed by atoms with E-state index in [0.29, 0.717) is 16.5 Å². The van der Waals surface area contributed by atoms with Gasteiger partial charge < -0.3 is 10.1 Å². The predicted molar refractivity (Wildman–Crippen MR) is 77.9 cm³/mol. The summed E-state index contributed by atoms with van der Waals surface area (Å²) in [7, 11) is 0. The van der Waals surface area contributed by atoms with Gasteiger partial charge in [0.1, 0.15) is 5.82 Å². The number of aromatic amines is 1. The lowest BCUT2D eigenvalue weighted by molar-refractivity contribution is 0.114. The van der Waals surface area contributed by atoms with Crippen LogP contribution in [0.1, 0.15) is 17.5 Å². The summed E-state index contributed by atoms with van der Waals surface area (Å²) in [5.41, 5.74) is 0.791. The minimum Gasteiger partial charge on any atom is -0.388 e. The first kappa shape index (κ1) is 13.3. The molecular weight excluding hydrogens is 303 g/mol. The SMILES string of the molecule is O[C@@H]1c2c(Cl)cc(Cl)cc2SC[C@H]1Cc1ncc[nH]1. The Balaban J connectivity index is 1.89. The fourth-order valence-corrected chi connectivity index (χ4v) is 4.34. The standard InChI is InChI=1S/C13H12Cl2N2OS/c14-8-4-9(15)12-10(5-8)19-6-7(13(12)18)3-11-16-1-2-17-11/h1-2,4-5,7,13,18H,3,6H2,(H,16,17)/t7-,13+/m1/s1. The number of H-pyrrole nitrogens is 1. The number of aliphatic hydroxyl groups is 1. The lowest BCUT2D eigenvalue weighted by Crippen LogP contribution is -2.23. The summed E-state index contributed by atoms with van der Waals surface area (Å²) in [4.78, 5) is 8.25. The molecule has 100 valence electrons. The van der Waals surface area contributed by atoms with Gasteiger partial charge in [0.05, 0.1) is 6.10 Å². The second-order valence-electron chi connectivity index (χ2n) is 4.56. The van der Waals surface area contributed by atoms with Gasteiger partial charge in [0.2, 0.25) is 0 Å². The van der Waals surface area contributed by atoms with E-state index < -0.39 is 6.10 Å². The van der Waals surface area contributed by atoms with E-state index in [1.54, 1.807) is 30.2 Å². The Morgan fingerprint density at radius 3 is 3.00 bits per heavy atom. The van der Waals surface area contributed by atoms with Crippen LogP contribution in [0.15, 0.2) is 29.4 Å². The topological polar surface area (TPSA) is 48.9 Å². The molecule has 1 aromatic heterocycles. The smallest absolute Gasteiger partial charge is 0.106 e. The van der Waals surface area contributed by atoms with Gasteiger partial charge in [-0.1, -0.05) is 23.2 Å². The molecule has 19 heavy (non-hydrogen) atoms. The van der Waals surface area contributed by atoms with Crippen molar-refractivity contribution in [2.24, 2.45) is 5.92 Å². The highest BCUT2D eigenvalue weighted by Crippen LogP contribution is 2.45. The average molecular weight is 315 g/mol. The van der Waals surface area contributed by atoms with Crippen molar-refractivity contribution in [2.75, 3.05) is 5.75 Å². The van der Waals surface area contributed by atoms with Crippen molar-refractivity contribution < 1.29 is 5.11 Å². The maximum Gasteiger partial charge on any atom is 0.106 e. The minimum absolute atomic E-state index is 0.0994. The van der Waals surface area contributed by atoms with Crippen LogP contribution in [-0.2, 0) is 6.42 Å². The van der Waals surface area contributed by atoms with E-state index in [1.165, 1.54) is 0 Å². The molecule has 0 unspecified atom stereocenters. The molecule has 0 spiro atoms. The van der Waals surface area contributed by atoms with E-state index in [1.807, 2.05) is 6.07 Å². The average Bonchev–Trinajstić information content (AvgIpc) is 2.85. The van der Waals surface area contributed by atoms with E-state index in [-0.39, 0.29) is 5.92 Å². The third-order valence-electron chi connectivity index (χ3n) is 3.26. The largest absolute Gasteiger partial charge is 0.388 e. The van der Waals surface area contributed by atoms with Crippen LogP contribution in [-0.4, -0.2) is 20.8 Å². The number of fused-ring (bicyclic) bond motifs is 1. The molecule has 2 heterocycles. The van der Waals surface area contributed by atoms with Crippen molar-refractivity contribution in [1.82, 2.24) is 9.97 Å². The number of benzene rings is 1. The number of rotatable bonds is 2. The zero-order chi connectivity index (χ0) is 13.4. The van der Waals surface area contributed by atoms with Crippen molar-refractivity contribution in [3.8, 4) is 0 Å². The Kier molecular flexibility index (Phi) is 3.76. The number of aromatic nitrogens is 2. The monoisotopic (exact) mass is 314 g/mol. The van der Waals surface area contributed by atoms with Crippen molar-refractivity contribution in [3.63, 3.8) is 0 Å². The van der Waals surface area contributed by atoms with Crippen molar-refractivity contribution >= 4 is 35.0 Å². The van der Waals surface area contributed by atoms with Crippen LogP contribution in [0.5, 0.6) is 0 Å². The highest BCUT2D eigenvalue weighted by molar-refractivity contribution is 7.99. The molecule has 2 N–H and O–H groups in total. The zero-order valence-corrected chi connectivity index (χ0v) is 12.3. The second kappa shape index (κ2) is 5.37. The van der Waals surface area contributed by atoms with Gasteiger partial charge in [0.15, 0.2) is 0 Å². The van der Waals surface area contributed by atoms with Gasteiger partial charge in [-0.25, -0.2) is 4.98 Å². The molecule has 2 aromatic rings. The molecule has 0 saturated carbocycles. The number of nitrogens with zero attached hydrogens (tertiary/aromatic N) is 1. The van der Waals surface area contributed by atoms with Crippen LogP contribution >= 0.6 is 35.0 Å². The highest BCUT2D eigenvalue weighted by Gasteiger charge is 2.31. The van der Waals surface area contributed by atoms with Crippen molar-refractivity contribution in [2.45, 2.75) is 17.4 Å². The Labute approximate surface area is 125 Å². The van der Waals surface area contributed by atoms with E-state index in [2.05, 4.69) is 9.97 Å². The molecule has 3 rings (SSSR count). The fourth-order valence-electron chi connectivity index (χ4n) is 2.32. The van der Waals surface area contributed by atoms with Crippen LogP contribution in [0.3, 0.4) is 0 Å². The molecule has 0 radical (unpaired) electrons. The normalized spacial score (nSPS) is 22.3. The van der Waals surface area contributed by atoms with Gasteiger partial charge in [-0.3, -0.25) is 0 Å². The fraction of sp³-hybridized carbons (Fsp3) is 0.308. The molecule has 3 nitrogen and oxygen atoms in total. The summed E-state index contributed by atoms with van der Waals surface area (Å²) in [5.74, 6) is 1.81. The van der Waals surface area contributed by atoms with Crippen molar-refractivity contribution in [1.29, 1.82) is 0 Å². The molecule has 1 aromatic carbocycles. The Bertz CT molecular complexity index is 589. The first-order valence-corrected chi connectivity index (χ1v) is 7.67. The molecule has 1 aliphatic heterocycles. The quantitative estimate of drug-likeness (QED) is 0.888. The maximum atomic E-state index is 10.5. The van der Waals surface area contributed by atoms with Crippen LogP contribution in [0.2, 0.25) is 10.0 Å². The van der Waals surface area contributed by atoms with Gasteiger partial charge >= 0.3 is 0 Å². The van der Waals surface area contributed by atoms with Gasteiger partial charge in [-0.05, 0) is 12.1 Å². The molecule has 2 atom stereocenters. The summed E-state index contributed by atoms with van der Waals surface area (Å²) < 4.78 is 0. The third kappa shape index (κ3) is 2.63. The van der Waals surface area contributed by atoms with Gasteiger partial charge in [0, 0.05) is 51.0 Å². The van der Waals surface area contributed by atoms with Gasteiger partial charge in [0.25, 0.3) is 0 Å². The van der Waals surface area contributed by atoms with E-state index in [0.717, 1.165) is 22.0 Å². The van der Waals surface area contributed by atoms with Crippen LogP contribution < -0.4 is 0 Å². The van der Waals surface area contributed by atoms with Gasteiger partial charge in [-0.2, -0.15) is 0 Å². The minimum atomic E-state index is -0.578. The summed E-state index contributed by atoms with van der Waals surface area (Å²) in [5, 5.41) is 11.6. The van der Waals surface area contributed by atoms with Gasteiger partial charge in [-0.15, -0.1) is 11.8 Å².